The van der Waals surface area contributed by atoms with E-state index in [9.17, 15) is 24.9 Å². The average molecular weight is 432 g/mol. The number of aliphatic hydroxyl groups is 4. The number of rotatable bonds is 7. The van der Waals surface area contributed by atoms with Crippen molar-refractivity contribution in [2.24, 2.45) is 0 Å². The maximum atomic E-state index is 13.0. The van der Waals surface area contributed by atoms with Gasteiger partial charge >= 0.3 is 5.69 Å². The molecule has 0 aromatic heterocycles. The number of aliphatic hydroxyl groups excluding tert-OH is 4. The van der Waals surface area contributed by atoms with Gasteiger partial charge in [-0.2, -0.15) is 4.98 Å². The fourth-order valence-corrected chi connectivity index (χ4v) is 3.86. The highest BCUT2D eigenvalue weighted by atomic mass is 16.4. The van der Waals surface area contributed by atoms with Gasteiger partial charge in [0, 0.05) is 6.54 Å². The lowest BCUT2D eigenvalue weighted by atomic mass is 9.98. The van der Waals surface area contributed by atoms with Crippen LogP contribution in [0.3, 0.4) is 0 Å². The molecule has 0 radical (unpaired) electrons. The molecule has 0 saturated carbocycles. The number of aromatic nitrogens is 4. The highest BCUT2D eigenvalue weighted by molar-refractivity contribution is 5.84. The van der Waals surface area contributed by atoms with Crippen molar-refractivity contribution in [2.45, 2.75) is 65.5 Å². The number of hydrogen-bond acceptors (Lipinski definition) is 8. The number of benzene rings is 1. The van der Waals surface area contributed by atoms with Gasteiger partial charge in [-0.25, -0.2) is 9.78 Å². The zero-order chi connectivity index (χ0) is 23.0. The average Bonchev–Trinajstić information content (AvgIpc) is 2.74. The van der Waals surface area contributed by atoms with Crippen LogP contribution >= 0.6 is 0 Å². The van der Waals surface area contributed by atoms with E-state index in [-0.39, 0.29) is 24.6 Å². The lowest BCUT2D eigenvalue weighted by molar-refractivity contribution is -0.0802. The molecule has 0 amide bonds. The smallest absolute Gasteiger partial charge is 0.352 e. The van der Waals surface area contributed by atoms with Crippen LogP contribution in [0.2, 0.25) is 0 Å². The fourth-order valence-electron chi connectivity index (χ4n) is 3.86. The Balaban J connectivity index is 2.42. The van der Waals surface area contributed by atoms with Crippen molar-refractivity contribution in [3.63, 3.8) is 0 Å². The Kier molecular flexibility index (Phi) is 6.56. The number of fused-ring (bicyclic) bond motifs is 2. The van der Waals surface area contributed by atoms with Gasteiger partial charge in [-0.05, 0) is 49.9 Å². The van der Waals surface area contributed by atoms with Crippen LogP contribution in [0.5, 0.6) is 0 Å². The Hall–Kier alpha value is -2.66. The fraction of sp³-hybridized carbons (Fsp3) is 0.524. The summed E-state index contributed by atoms with van der Waals surface area (Å²) in [5, 5.41) is 39.5. The molecule has 1 aromatic carbocycles. The lowest BCUT2D eigenvalue weighted by Crippen LogP contribution is -2.43. The van der Waals surface area contributed by atoms with Crippen LogP contribution in [-0.4, -0.2) is 64.4 Å². The Labute approximate surface area is 178 Å². The van der Waals surface area contributed by atoms with E-state index < -0.39 is 36.2 Å². The molecule has 0 saturated heterocycles. The zero-order valence-corrected chi connectivity index (χ0v) is 18.0. The minimum atomic E-state index is -1.64. The highest BCUT2D eigenvalue weighted by Gasteiger charge is 2.28. The summed E-state index contributed by atoms with van der Waals surface area (Å²) in [6.07, 6.45) is -4.05. The molecule has 3 unspecified atom stereocenters. The molecule has 0 aliphatic carbocycles. The first-order chi connectivity index (χ1) is 14.7. The van der Waals surface area contributed by atoms with Crippen LogP contribution in [0.4, 0.5) is 0 Å². The zero-order valence-electron chi connectivity index (χ0n) is 18.0. The number of nitrogens with zero attached hydrogens (tertiary/aromatic N) is 4. The first kappa shape index (κ1) is 23.0. The molecule has 10 heteroatoms. The molecule has 2 aliphatic heterocycles. The van der Waals surface area contributed by atoms with Gasteiger partial charge < -0.3 is 25.0 Å². The van der Waals surface area contributed by atoms with E-state index in [0.29, 0.717) is 17.5 Å². The summed E-state index contributed by atoms with van der Waals surface area (Å²) in [4.78, 5) is 34.0. The molecule has 31 heavy (non-hydrogen) atoms. The SMILES string of the molecule is CCc1c(C)c(C)cc2c1nc1c(=O)n(CC)c(=O)nc-1n2CC(O)C(O)C(O)CO. The number of aryl methyl sites for hydroxylation is 2. The van der Waals surface area contributed by atoms with Gasteiger partial charge in [0.25, 0.3) is 5.56 Å². The van der Waals surface area contributed by atoms with E-state index in [4.69, 9.17) is 5.11 Å². The molecule has 0 bridgehead atoms. The van der Waals surface area contributed by atoms with Crippen molar-refractivity contribution < 1.29 is 20.4 Å². The molecular weight excluding hydrogens is 404 g/mol. The topological polar surface area (TPSA) is 151 Å². The van der Waals surface area contributed by atoms with Crippen LogP contribution in [0, 0.1) is 13.8 Å². The molecule has 3 atom stereocenters. The largest absolute Gasteiger partial charge is 0.394 e. The predicted octanol–water partition coefficient (Wildman–Crippen LogP) is -0.668. The second-order valence-corrected chi connectivity index (χ2v) is 7.66. The first-order valence-corrected chi connectivity index (χ1v) is 10.2. The van der Waals surface area contributed by atoms with Crippen molar-refractivity contribution in [1.82, 2.24) is 19.1 Å². The summed E-state index contributed by atoms with van der Waals surface area (Å²) in [7, 11) is 0. The Morgan fingerprint density at radius 3 is 2.29 bits per heavy atom. The molecule has 2 aliphatic rings. The van der Waals surface area contributed by atoms with Crippen LogP contribution < -0.4 is 11.2 Å². The summed E-state index contributed by atoms with van der Waals surface area (Å²) < 4.78 is 2.46. The Morgan fingerprint density at radius 2 is 1.71 bits per heavy atom. The second-order valence-electron chi connectivity index (χ2n) is 7.66. The van der Waals surface area contributed by atoms with Crippen molar-refractivity contribution in [3.05, 3.63) is 43.6 Å². The van der Waals surface area contributed by atoms with Gasteiger partial charge in [-0.1, -0.05) is 6.92 Å². The predicted molar refractivity (Wildman–Crippen MR) is 114 cm³/mol. The molecule has 0 fully saturated rings. The van der Waals surface area contributed by atoms with Gasteiger partial charge in [-0.15, -0.1) is 0 Å². The van der Waals surface area contributed by atoms with Crippen LogP contribution in [0.25, 0.3) is 22.6 Å². The first-order valence-electron chi connectivity index (χ1n) is 10.2. The van der Waals surface area contributed by atoms with Crippen LogP contribution in [0.15, 0.2) is 15.7 Å². The quantitative estimate of drug-likeness (QED) is 0.359. The molecule has 2 heterocycles. The minimum absolute atomic E-state index is 0.0118. The molecule has 1 aromatic rings. The minimum Gasteiger partial charge on any atom is -0.394 e. The third-order valence-electron chi connectivity index (χ3n) is 5.80. The van der Waals surface area contributed by atoms with Gasteiger partial charge in [0.15, 0.2) is 11.5 Å². The van der Waals surface area contributed by atoms with E-state index in [2.05, 4.69) is 9.97 Å². The maximum absolute atomic E-state index is 13.0. The monoisotopic (exact) mass is 432 g/mol. The van der Waals surface area contributed by atoms with E-state index in [0.717, 1.165) is 21.3 Å². The van der Waals surface area contributed by atoms with Crippen molar-refractivity contribution in [3.8, 4) is 11.5 Å². The van der Waals surface area contributed by atoms with Gasteiger partial charge in [0.1, 0.15) is 18.3 Å². The van der Waals surface area contributed by atoms with E-state index in [1.165, 1.54) is 4.57 Å². The summed E-state index contributed by atoms with van der Waals surface area (Å²) >= 11 is 0. The van der Waals surface area contributed by atoms with Crippen LogP contribution in [-0.2, 0) is 19.5 Å². The Bertz CT molecular complexity index is 1200. The molecule has 10 nitrogen and oxygen atoms in total. The standard InChI is InChI=1S/C21H28N4O6/c1-5-12-11(4)10(3)7-13-16(12)22-17-19(23-21(31)24(6-2)20(17)30)25(13)8-14(27)18(29)15(28)9-26/h7,14-15,18,26-29H,5-6,8-9H2,1-4H3. The highest BCUT2D eigenvalue weighted by Crippen LogP contribution is 2.29. The molecule has 168 valence electrons. The summed E-state index contributed by atoms with van der Waals surface area (Å²) in [6.45, 7) is 6.64. The maximum Gasteiger partial charge on any atom is 0.352 e. The second kappa shape index (κ2) is 8.83. The van der Waals surface area contributed by atoms with Crippen molar-refractivity contribution >= 4 is 11.0 Å². The molecule has 4 N–H and O–H groups in total. The van der Waals surface area contributed by atoms with Crippen LogP contribution in [0.1, 0.15) is 30.5 Å². The van der Waals surface area contributed by atoms with Gasteiger partial charge in [-0.3, -0.25) is 9.36 Å². The molecule has 0 spiro atoms. The van der Waals surface area contributed by atoms with E-state index in [1.54, 1.807) is 6.92 Å². The summed E-state index contributed by atoms with van der Waals surface area (Å²) in [6, 6.07) is 1.83. The summed E-state index contributed by atoms with van der Waals surface area (Å²) in [5.74, 6) is -0.0118. The normalized spacial score (nSPS) is 14.8. The van der Waals surface area contributed by atoms with Crippen molar-refractivity contribution in [2.75, 3.05) is 6.61 Å². The van der Waals surface area contributed by atoms with Gasteiger partial charge in [0.05, 0.1) is 24.2 Å². The lowest BCUT2D eigenvalue weighted by Gasteiger charge is -2.26. The summed E-state index contributed by atoms with van der Waals surface area (Å²) in [5.41, 5.74) is 2.64. The van der Waals surface area contributed by atoms with Gasteiger partial charge in [0.2, 0.25) is 0 Å². The third kappa shape index (κ3) is 3.87. The number of hydrogen-bond donors (Lipinski definition) is 4. The van der Waals surface area contributed by atoms with Crippen molar-refractivity contribution in [1.29, 1.82) is 0 Å². The molecular formula is C21H28N4O6. The molecule has 3 rings (SSSR count). The Morgan fingerprint density at radius 1 is 1.03 bits per heavy atom. The van der Waals surface area contributed by atoms with E-state index >= 15 is 0 Å². The van der Waals surface area contributed by atoms with E-state index in [1.807, 2.05) is 26.8 Å². The third-order valence-corrected chi connectivity index (χ3v) is 5.80.